The molecule has 0 bridgehead atoms. The molecular weight excluding hydrogens is 328 g/mol. The Bertz CT molecular complexity index is 925. The van der Waals surface area contributed by atoms with Gasteiger partial charge in [-0.1, -0.05) is 12.1 Å². The van der Waals surface area contributed by atoms with Crippen molar-refractivity contribution < 1.29 is 4.79 Å². The summed E-state index contributed by atoms with van der Waals surface area (Å²) in [6.07, 6.45) is 5.99. The lowest BCUT2D eigenvalue weighted by atomic mass is 9.92. The van der Waals surface area contributed by atoms with Gasteiger partial charge in [-0.15, -0.1) is 5.10 Å². The van der Waals surface area contributed by atoms with Crippen molar-refractivity contribution in [1.29, 1.82) is 0 Å². The van der Waals surface area contributed by atoms with Gasteiger partial charge in [0.05, 0.1) is 11.9 Å². The summed E-state index contributed by atoms with van der Waals surface area (Å²) in [5.41, 5.74) is 14.3. The number of amides is 1. The predicted molar refractivity (Wildman–Crippen MR) is 101 cm³/mol. The number of anilines is 1. The number of primary amides is 1. The van der Waals surface area contributed by atoms with Crippen LogP contribution in [0.25, 0.3) is 16.9 Å². The van der Waals surface area contributed by atoms with Gasteiger partial charge < -0.3 is 16.8 Å². The number of benzene rings is 1. The highest BCUT2D eigenvalue weighted by Gasteiger charge is 2.19. The topological polar surface area (TPSA) is 111 Å². The summed E-state index contributed by atoms with van der Waals surface area (Å²) >= 11 is 0. The monoisotopic (exact) mass is 350 g/mol. The fourth-order valence-electron chi connectivity index (χ4n) is 3.43. The van der Waals surface area contributed by atoms with Gasteiger partial charge in [-0.05, 0) is 49.9 Å². The molecule has 1 saturated carbocycles. The Morgan fingerprint density at radius 1 is 1.08 bits per heavy atom. The molecule has 134 valence electrons. The molecule has 7 nitrogen and oxygen atoms in total. The van der Waals surface area contributed by atoms with Gasteiger partial charge in [0.25, 0.3) is 0 Å². The molecule has 2 heterocycles. The van der Waals surface area contributed by atoms with Crippen molar-refractivity contribution >= 4 is 17.4 Å². The number of carbonyl (C=O) groups excluding carboxylic acids is 1. The molecule has 26 heavy (non-hydrogen) atoms. The number of fused-ring (bicyclic) bond motifs is 1. The normalized spacial score (nSPS) is 20.2. The molecule has 0 unspecified atom stereocenters. The van der Waals surface area contributed by atoms with Crippen LogP contribution < -0.4 is 16.8 Å². The molecule has 5 N–H and O–H groups in total. The molecule has 2 aromatic heterocycles. The van der Waals surface area contributed by atoms with Crippen LogP contribution in [0.3, 0.4) is 0 Å². The molecular formula is C19H22N6O. The van der Waals surface area contributed by atoms with Crippen molar-refractivity contribution in [3.05, 3.63) is 48.2 Å². The van der Waals surface area contributed by atoms with Gasteiger partial charge in [0.1, 0.15) is 5.82 Å². The van der Waals surface area contributed by atoms with E-state index < -0.39 is 5.91 Å². The number of hydrogen-bond acceptors (Lipinski definition) is 5. The summed E-state index contributed by atoms with van der Waals surface area (Å²) in [7, 11) is 0. The zero-order valence-corrected chi connectivity index (χ0v) is 14.4. The highest BCUT2D eigenvalue weighted by atomic mass is 16.1. The van der Waals surface area contributed by atoms with E-state index in [4.69, 9.17) is 16.6 Å². The molecule has 1 amide bonds. The number of aromatic nitrogens is 3. The van der Waals surface area contributed by atoms with Crippen LogP contribution in [0, 0.1) is 0 Å². The fourth-order valence-corrected chi connectivity index (χ4v) is 3.43. The summed E-state index contributed by atoms with van der Waals surface area (Å²) in [5, 5.41) is 8.21. The summed E-state index contributed by atoms with van der Waals surface area (Å²) in [6, 6.07) is 11.8. The van der Waals surface area contributed by atoms with Crippen molar-refractivity contribution in [3.63, 3.8) is 0 Å². The van der Waals surface area contributed by atoms with Crippen LogP contribution in [-0.4, -0.2) is 32.6 Å². The van der Waals surface area contributed by atoms with E-state index in [-0.39, 0.29) is 0 Å². The third kappa shape index (κ3) is 3.25. The van der Waals surface area contributed by atoms with E-state index in [0.717, 1.165) is 48.4 Å². The highest BCUT2D eigenvalue weighted by Crippen LogP contribution is 2.23. The van der Waals surface area contributed by atoms with Gasteiger partial charge in [0.15, 0.2) is 5.65 Å². The minimum atomic E-state index is -0.438. The van der Waals surface area contributed by atoms with E-state index >= 15 is 0 Å². The number of nitrogens with zero attached hydrogens (tertiary/aromatic N) is 3. The van der Waals surface area contributed by atoms with Crippen LogP contribution in [0.5, 0.6) is 0 Å². The quantitative estimate of drug-likeness (QED) is 0.668. The SMILES string of the molecule is NC(=O)c1ccc(-c2cnc3ccc(NC4CCC(N)CC4)nn23)cc1. The third-order valence-corrected chi connectivity index (χ3v) is 4.95. The van der Waals surface area contributed by atoms with Crippen LogP contribution in [0.4, 0.5) is 5.82 Å². The number of carbonyl (C=O) groups is 1. The molecule has 1 fully saturated rings. The average molecular weight is 350 g/mol. The average Bonchev–Trinajstić information content (AvgIpc) is 3.07. The third-order valence-electron chi connectivity index (χ3n) is 4.95. The molecule has 1 aromatic carbocycles. The highest BCUT2D eigenvalue weighted by molar-refractivity contribution is 5.93. The van der Waals surface area contributed by atoms with Crippen LogP contribution in [0.2, 0.25) is 0 Å². The van der Waals surface area contributed by atoms with Gasteiger partial charge >= 0.3 is 0 Å². The Morgan fingerprint density at radius 2 is 1.81 bits per heavy atom. The minimum Gasteiger partial charge on any atom is -0.366 e. The van der Waals surface area contributed by atoms with Gasteiger partial charge in [-0.3, -0.25) is 4.79 Å². The lowest BCUT2D eigenvalue weighted by Crippen LogP contribution is -2.33. The first kappa shape index (κ1) is 16.5. The first-order valence-corrected chi connectivity index (χ1v) is 8.87. The van der Waals surface area contributed by atoms with E-state index in [2.05, 4.69) is 10.3 Å². The van der Waals surface area contributed by atoms with Gasteiger partial charge in [0.2, 0.25) is 5.91 Å². The molecule has 0 saturated heterocycles. The fraction of sp³-hybridized carbons (Fsp3) is 0.316. The summed E-state index contributed by atoms with van der Waals surface area (Å²) < 4.78 is 1.82. The van der Waals surface area contributed by atoms with E-state index in [1.165, 1.54) is 0 Å². The maximum absolute atomic E-state index is 11.2. The summed E-state index contributed by atoms with van der Waals surface area (Å²) in [6.45, 7) is 0. The largest absolute Gasteiger partial charge is 0.366 e. The van der Waals surface area contributed by atoms with Crippen molar-refractivity contribution in [2.75, 3.05) is 5.32 Å². The van der Waals surface area contributed by atoms with Crippen molar-refractivity contribution in [1.82, 2.24) is 14.6 Å². The second kappa shape index (κ2) is 6.76. The Balaban J connectivity index is 1.61. The molecule has 0 atom stereocenters. The molecule has 7 heteroatoms. The first-order valence-electron chi connectivity index (χ1n) is 8.87. The number of hydrogen-bond donors (Lipinski definition) is 3. The van der Waals surface area contributed by atoms with Crippen molar-refractivity contribution in [2.24, 2.45) is 11.5 Å². The maximum atomic E-state index is 11.2. The summed E-state index contributed by atoms with van der Waals surface area (Å²) in [5.74, 6) is 0.387. The number of imidazole rings is 1. The number of rotatable bonds is 4. The van der Waals surface area contributed by atoms with Gasteiger partial charge in [0, 0.05) is 23.2 Å². The number of nitrogens with two attached hydrogens (primary N) is 2. The predicted octanol–water partition coefficient (Wildman–Crippen LogP) is 2.18. The Hall–Kier alpha value is -2.93. The van der Waals surface area contributed by atoms with Gasteiger partial charge in [-0.2, -0.15) is 0 Å². The molecule has 3 aromatic rings. The standard InChI is InChI=1S/C19H22N6O/c20-14-5-7-15(8-6-14)23-17-9-10-18-22-11-16(25(18)24-17)12-1-3-13(4-2-12)19(21)26/h1-4,9-11,14-15H,5-8,20H2,(H2,21,26)(H,23,24). The van der Waals surface area contributed by atoms with E-state index in [1.54, 1.807) is 18.3 Å². The van der Waals surface area contributed by atoms with Crippen LogP contribution in [0.1, 0.15) is 36.0 Å². The van der Waals surface area contributed by atoms with E-state index in [9.17, 15) is 4.79 Å². The van der Waals surface area contributed by atoms with E-state index in [1.807, 2.05) is 28.8 Å². The Morgan fingerprint density at radius 3 is 2.50 bits per heavy atom. The zero-order valence-electron chi connectivity index (χ0n) is 14.4. The lowest BCUT2D eigenvalue weighted by molar-refractivity contribution is 0.100. The minimum absolute atomic E-state index is 0.326. The zero-order chi connectivity index (χ0) is 18.1. The maximum Gasteiger partial charge on any atom is 0.248 e. The van der Waals surface area contributed by atoms with Crippen molar-refractivity contribution in [2.45, 2.75) is 37.8 Å². The summed E-state index contributed by atoms with van der Waals surface area (Å²) in [4.78, 5) is 15.7. The molecule has 1 aliphatic rings. The molecule has 0 aliphatic heterocycles. The molecule has 4 rings (SSSR count). The van der Waals surface area contributed by atoms with E-state index in [0.29, 0.717) is 17.6 Å². The van der Waals surface area contributed by atoms with Gasteiger partial charge in [-0.25, -0.2) is 9.50 Å². The number of nitrogens with one attached hydrogen (secondary N) is 1. The Labute approximate surface area is 151 Å². The van der Waals surface area contributed by atoms with Crippen LogP contribution in [0.15, 0.2) is 42.6 Å². The molecule has 1 aliphatic carbocycles. The second-order valence-corrected chi connectivity index (χ2v) is 6.83. The lowest BCUT2D eigenvalue weighted by Gasteiger charge is -2.27. The first-order chi connectivity index (χ1) is 12.6. The Kier molecular flexibility index (Phi) is 4.30. The molecule has 0 radical (unpaired) electrons. The van der Waals surface area contributed by atoms with Crippen LogP contribution >= 0.6 is 0 Å². The second-order valence-electron chi connectivity index (χ2n) is 6.83. The van der Waals surface area contributed by atoms with Crippen LogP contribution in [-0.2, 0) is 0 Å². The molecule has 0 spiro atoms. The smallest absolute Gasteiger partial charge is 0.248 e. The van der Waals surface area contributed by atoms with Crippen molar-refractivity contribution in [3.8, 4) is 11.3 Å².